The van der Waals surface area contributed by atoms with Gasteiger partial charge in [-0.1, -0.05) is 6.07 Å². The number of rotatable bonds is 4. The van der Waals surface area contributed by atoms with Crippen LogP contribution in [-0.2, 0) is 0 Å². The third kappa shape index (κ3) is 3.61. The first-order chi connectivity index (χ1) is 14.8. The van der Waals surface area contributed by atoms with Crippen LogP contribution in [0.15, 0.2) is 48.9 Å². The number of nitrogens with one attached hydrogen (secondary N) is 1. The molecule has 9 nitrogen and oxygen atoms in total. The lowest BCUT2D eigenvalue weighted by molar-refractivity contribution is 0.171. The molecule has 0 atom stereocenters. The summed E-state index contributed by atoms with van der Waals surface area (Å²) in [5.41, 5.74) is 7.79. The summed E-state index contributed by atoms with van der Waals surface area (Å²) >= 11 is 0. The molecule has 0 unspecified atom stereocenters. The molecule has 4 heterocycles. The van der Waals surface area contributed by atoms with Crippen LogP contribution in [-0.4, -0.2) is 54.3 Å². The van der Waals surface area contributed by atoms with Crippen molar-refractivity contribution in [3.05, 3.63) is 48.9 Å². The third-order valence-corrected chi connectivity index (χ3v) is 5.22. The van der Waals surface area contributed by atoms with Crippen molar-refractivity contribution in [2.24, 2.45) is 0 Å². The number of aromatic nitrogens is 3. The van der Waals surface area contributed by atoms with E-state index in [1.807, 2.05) is 42.6 Å². The number of hydrogen-bond donors (Lipinski definition) is 2. The van der Waals surface area contributed by atoms with E-state index in [-0.39, 0.29) is 0 Å². The molecule has 1 saturated heterocycles. The first-order valence-electron chi connectivity index (χ1n) is 9.96. The zero-order chi connectivity index (χ0) is 20.3. The summed E-state index contributed by atoms with van der Waals surface area (Å²) in [5, 5.41) is 3.28. The molecule has 0 amide bonds. The molecular formula is C21H23N7O2. The van der Waals surface area contributed by atoms with Crippen LogP contribution >= 0.6 is 0 Å². The van der Waals surface area contributed by atoms with Gasteiger partial charge in [0.15, 0.2) is 23.1 Å². The second-order valence-corrected chi connectivity index (χ2v) is 7.11. The van der Waals surface area contributed by atoms with Crippen molar-refractivity contribution >= 4 is 28.8 Å². The molecule has 2 aliphatic rings. The Hall–Kier alpha value is -3.75. The Balaban J connectivity index is 1.30. The molecule has 3 aromatic rings. The molecule has 0 radical (unpaired) electrons. The predicted molar refractivity (Wildman–Crippen MR) is 116 cm³/mol. The van der Waals surface area contributed by atoms with Crippen LogP contribution in [0.4, 0.5) is 28.8 Å². The van der Waals surface area contributed by atoms with Crippen molar-refractivity contribution in [3.8, 4) is 11.5 Å². The van der Waals surface area contributed by atoms with Crippen molar-refractivity contribution in [1.29, 1.82) is 0 Å². The van der Waals surface area contributed by atoms with Crippen LogP contribution in [0, 0.1) is 0 Å². The van der Waals surface area contributed by atoms with Gasteiger partial charge in [0, 0.05) is 44.1 Å². The van der Waals surface area contributed by atoms with Crippen LogP contribution in [0.25, 0.3) is 0 Å². The first kappa shape index (κ1) is 18.3. The average molecular weight is 405 g/mol. The number of ether oxygens (including phenoxy) is 2. The van der Waals surface area contributed by atoms with Crippen LogP contribution in [0.2, 0.25) is 0 Å². The molecule has 5 rings (SSSR count). The SMILES string of the molecule is Nc1c(Nc2ccc3c(c2)OCCO3)ncnc1N1CCN(c2ccccn2)CC1. The minimum absolute atomic E-state index is 0.527. The maximum Gasteiger partial charge on any atom is 0.163 e. The van der Waals surface area contributed by atoms with Crippen LogP contribution in [0.5, 0.6) is 11.5 Å². The monoisotopic (exact) mass is 405 g/mol. The van der Waals surface area contributed by atoms with E-state index < -0.39 is 0 Å². The predicted octanol–water partition coefficient (Wildman–Crippen LogP) is 2.30. The van der Waals surface area contributed by atoms with Crippen molar-refractivity contribution < 1.29 is 9.47 Å². The van der Waals surface area contributed by atoms with E-state index in [1.165, 1.54) is 6.33 Å². The Kier molecular flexibility index (Phi) is 4.84. The van der Waals surface area contributed by atoms with Crippen LogP contribution < -0.4 is 30.3 Å². The molecule has 3 N–H and O–H groups in total. The highest BCUT2D eigenvalue weighted by Crippen LogP contribution is 2.35. The molecule has 0 aliphatic carbocycles. The number of nitrogen functional groups attached to an aromatic ring is 1. The standard InChI is InChI=1S/C21H23N7O2/c22-19-20(26-15-4-5-16-17(13-15)30-12-11-29-16)24-14-25-21(19)28-9-7-27(8-10-28)18-3-1-2-6-23-18/h1-6,13-14H,7-12,22H2,(H,24,25,26). The number of anilines is 5. The number of benzene rings is 1. The fraction of sp³-hybridized carbons (Fsp3) is 0.286. The smallest absolute Gasteiger partial charge is 0.163 e. The molecule has 1 fully saturated rings. The average Bonchev–Trinajstić information content (AvgIpc) is 2.81. The van der Waals surface area contributed by atoms with Gasteiger partial charge in [0.2, 0.25) is 0 Å². The lowest BCUT2D eigenvalue weighted by atomic mass is 10.2. The number of pyridine rings is 1. The van der Waals surface area contributed by atoms with Crippen molar-refractivity contribution in [2.75, 3.05) is 60.2 Å². The van der Waals surface area contributed by atoms with Gasteiger partial charge in [-0.15, -0.1) is 0 Å². The number of nitrogens with two attached hydrogens (primary N) is 1. The highest BCUT2D eigenvalue weighted by atomic mass is 16.6. The Morgan fingerprint density at radius 3 is 2.47 bits per heavy atom. The summed E-state index contributed by atoms with van der Waals surface area (Å²) in [6.07, 6.45) is 3.36. The molecule has 154 valence electrons. The van der Waals surface area contributed by atoms with Gasteiger partial charge in [0.25, 0.3) is 0 Å². The van der Waals surface area contributed by atoms with E-state index in [2.05, 4.69) is 30.1 Å². The van der Waals surface area contributed by atoms with Gasteiger partial charge in [0.05, 0.1) is 0 Å². The summed E-state index contributed by atoms with van der Waals surface area (Å²) in [7, 11) is 0. The van der Waals surface area contributed by atoms with Crippen molar-refractivity contribution in [1.82, 2.24) is 15.0 Å². The van der Waals surface area contributed by atoms with Gasteiger partial charge in [0.1, 0.15) is 31.0 Å². The summed E-state index contributed by atoms with van der Waals surface area (Å²) < 4.78 is 11.2. The summed E-state index contributed by atoms with van der Waals surface area (Å²) in [6.45, 7) is 4.43. The molecule has 0 spiro atoms. The van der Waals surface area contributed by atoms with E-state index in [0.717, 1.165) is 49.3 Å². The Labute approximate surface area is 174 Å². The highest BCUT2D eigenvalue weighted by molar-refractivity contribution is 5.79. The molecule has 0 saturated carbocycles. The quantitative estimate of drug-likeness (QED) is 0.677. The Morgan fingerprint density at radius 1 is 0.867 bits per heavy atom. The summed E-state index contributed by atoms with van der Waals surface area (Å²) in [4.78, 5) is 17.7. The fourth-order valence-electron chi connectivity index (χ4n) is 3.68. The first-order valence-corrected chi connectivity index (χ1v) is 9.96. The largest absolute Gasteiger partial charge is 0.486 e. The van der Waals surface area contributed by atoms with Gasteiger partial charge in [-0.3, -0.25) is 0 Å². The molecule has 30 heavy (non-hydrogen) atoms. The van der Waals surface area contributed by atoms with Gasteiger partial charge >= 0.3 is 0 Å². The van der Waals surface area contributed by atoms with E-state index in [4.69, 9.17) is 15.2 Å². The molecule has 2 aliphatic heterocycles. The summed E-state index contributed by atoms with van der Waals surface area (Å²) in [5.74, 6) is 3.77. The van der Waals surface area contributed by atoms with E-state index in [9.17, 15) is 0 Å². The number of hydrogen-bond acceptors (Lipinski definition) is 9. The zero-order valence-corrected chi connectivity index (χ0v) is 16.5. The molecule has 9 heteroatoms. The lowest BCUT2D eigenvalue weighted by Crippen LogP contribution is -2.47. The topological polar surface area (TPSA) is 102 Å². The third-order valence-electron chi connectivity index (χ3n) is 5.22. The summed E-state index contributed by atoms with van der Waals surface area (Å²) in [6, 6.07) is 11.7. The van der Waals surface area contributed by atoms with Gasteiger partial charge in [-0.05, 0) is 24.3 Å². The highest BCUT2D eigenvalue weighted by Gasteiger charge is 2.22. The Morgan fingerprint density at radius 2 is 1.67 bits per heavy atom. The zero-order valence-electron chi connectivity index (χ0n) is 16.5. The lowest BCUT2D eigenvalue weighted by Gasteiger charge is -2.36. The van der Waals surface area contributed by atoms with Crippen molar-refractivity contribution in [2.45, 2.75) is 0 Å². The number of piperazine rings is 1. The second-order valence-electron chi connectivity index (χ2n) is 7.11. The number of nitrogens with zero attached hydrogens (tertiary/aromatic N) is 5. The van der Waals surface area contributed by atoms with E-state index >= 15 is 0 Å². The normalized spacial score (nSPS) is 15.7. The number of fused-ring (bicyclic) bond motifs is 1. The molecule has 2 aromatic heterocycles. The molecule has 0 bridgehead atoms. The minimum atomic E-state index is 0.527. The van der Waals surface area contributed by atoms with E-state index in [1.54, 1.807) is 0 Å². The molecule has 1 aromatic carbocycles. The van der Waals surface area contributed by atoms with E-state index in [0.29, 0.717) is 30.5 Å². The maximum absolute atomic E-state index is 6.43. The van der Waals surface area contributed by atoms with Gasteiger partial charge in [-0.25, -0.2) is 15.0 Å². The van der Waals surface area contributed by atoms with Crippen LogP contribution in [0.3, 0.4) is 0 Å². The second kappa shape index (κ2) is 7.94. The van der Waals surface area contributed by atoms with Crippen molar-refractivity contribution in [3.63, 3.8) is 0 Å². The van der Waals surface area contributed by atoms with Gasteiger partial charge in [-0.2, -0.15) is 0 Å². The minimum Gasteiger partial charge on any atom is -0.486 e. The van der Waals surface area contributed by atoms with Gasteiger partial charge < -0.3 is 30.3 Å². The fourth-order valence-corrected chi connectivity index (χ4v) is 3.68. The maximum atomic E-state index is 6.43. The molecular weight excluding hydrogens is 382 g/mol. The Bertz CT molecular complexity index is 1020. The van der Waals surface area contributed by atoms with Crippen LogP contribution in [0.1, 0.15) is 0 Å².